The van der Waals surface area contributed by atoms with Gasteiger partial charge in [0, 0.05) is 13.2 Å². The summed E-state index contributed by atoms with van der Waals surface area (Å²) in [5, 5.41) is 11.3. The van der Waals surface area contributed by atoms with E-state index < -0.39 is 0 Å². The van der Waals surface area contributed by atoms with E-state index in [4.69, 9.17) is 12.2 Å². The molecule has 0 atom stereocenters. The third-order valence-electron chi connectivity index (χ3n) is 2.96. The maximum atomic E-state index is 5.10. The van der Waals surface area contributed by atoms with Crippen molar-refractivity contribution in [3.8, 4) is 11.4 Å². The highest BCUT2D eigenvalue weighted by Crippen LogP contribution is 2.15. The van der Waals surface area contributed by atoms with Crippen LogP contribution in [-0.2, 0) is 13.6 Å². The first-order valence-corrected chi connectivity index (χ1v) is 6.33. The molecule has 2 aromatic heterocycles. The molecule has 6 heteroatoms. The molecule has 0 saturated heterocycles. The molecule has 3 aromatic rings. The number of rotatable bonds is 3. The molecule has 19 heavy (non-hydrogen) atoms. The van der Waals surface area contributed by atoms with Crippen LogP contribution in [-0.4, -0.2) is 24.5 Å². The van der Waals surface area contributed by atoms with Crippen LogP contribution in [0, 0.1) is 4.77 Å². The van der Waals surface area contributed by atoms with E-state index >= 15 is 0 Å². The molecule has 0 aliphatic heterocycles. The zero-order valence-electron chi connectivity index (χ0n) is 10.4. The summed E-state index contributed by atoms with van der Waals surface area (Å²) in [7, 11) is 1.88. The van der Waals surface area contributed by atoms with Crippen LogP contribution in [0.25, 0.3) is 11.4 Å². The zero-order valence-corrected chi connectivity index (χ0v) is 11.3. The Bertz CT molecular complexity index is 738. The third kappa shape index (κ3) is 2.34. The molecule has 0 aliphatic rings. The van der Waals surface area contributed by atoms with E-state index in [0.717, 1.165) is 17.9 Å². The first-order chi connectivity index (χ1) is 9.24. The second-order valence-corrected chi connectivity index (χ2v) is 4.71. The van der Waals surface area contributed by atoms with Crippen LogP contribution >= 0.6 is 12.2 Å². The Hall–Kier alpha value is -2.21. The van der Waals surface area contributed by atoms with Gasteiger partial charge in [0.05, 0.1) is 18.3 Å². The fraction of sp³-hybridized carbons (Fsp3) is 0.154. The summed E-state index contributed by atoms with van der Waals surface area (Å²) in [4.78, 5) is 0. The Morgan fingerprint density at radius 1 is 1.26 bits per heavy atom. The third-order valence-corrected chi connectivity index (χ3v) is 3.32. The van der Waals surface area contributed by atoms with Crippen LogP contribution in [0.4, 0.5) is 0 Å². The lowest BCUT2D eigenvalue weighted by molar-refractivity contribution is 0.687. The lowest BCUT2D eigenvalue weighted by atomic mass is 10.2. The summed E-state index contributed by atoms with van der Waals surface area (Å²) in [6.07, 6.45) is 3.77. The normalized spacial score (nSPS) is 10.8. The Morgan fingerprint density at radius 2 is 2.05 bits per heavy atom. The van der Waals surface area contributed by atoms with E-state index in [1.807, 2.05) is 40.7 Å². The summed E-state index contributed by atoms with van der Waals surface area (Å²) in [5.41, 5.74) is 2.17. The molecule has 1 aromatic carbocycles. The fourth-order valence-electron chi connectivity index (χ4n) is 1.94. The summed E-state index contributed by atoms with van der Waals surface area (Å²) < 4.78 is 4.33. The molecule has 0 radical (unpaired) electrons. The Balaban J connectivity index is 1.88. The zero-order chi connectivity index (χ0) is 13.2. The number of nitrogens with one attached hydrogen (secondary N) is 1. The van der Waals surface area contributed by atoms with Crippen molar-refractivity contribution in [3.05, 3.63) is 53.1 Å². The van der Waals surface area contributed by atoms with Crippen LogP contribution < -0.4 is 0 Å². The number of hydrogen-bond acceptors (Lipinski definition) is 3. The smallest absolute Gasteiger partial charge is 0.195 e. The highest BCUT2D eigenvalue weighted by atomic mass is 32.1. The first kappa shape index (κ1) is 11.9. The highest BCUT2D eigenvalue weighted by molar-refractivity contribution is 7.71. The maximum Gasteiger partial charge on any atom is 0.195 e. The SMILES string of the molecule is Cn1c(-c2cnn(Cc3ccccc3)c2)n[nH]c1=S. The van der Waals surface area contributed by atoms with Gasteiger partial charge in [-0.3, -0.25) is 9.78 Å². The first-order valence-electron chi connectivity index (χ1n) is 5.92. The minimum atomic E-state index is 0.603. The maximum absolute atomic E-state index is 5.10. The van der Waals surface area contributed by atoms with Gasteiger partial charge in [-0.05, 0) is 17.8 Å². The van der Waals surface area contributed by atoms with E-state index in [1.165, 1.54) is 5.56 Å². The average Bonchev–Trinajstić information content (AvgIpc) is 3.00. The van der Waals surface area contributed by atoms with Crippen molar-refractivity contribution in [2.75, 3.05) is 0 Å². The molecule has 0 spiro atoms. The molecule has 0 aliphatic carbocycles. The van der Waals surface area contributed by atoms with Gasteiger partial charge in [0.2, 0.25) is 0 Å². The second kappa shape index (κ2) is 4.81. The molecular weight excluding hydrogens is 258 g/mol. The van der Waals surface area contributed by atoms with E-state index in [-0.39, 0.29) is 0 Å². The number of nitrogens with zero attached hydrogens (tertiary/aromatic N) is 4. The second-order valence-electron chi connectivity index (χ2n) is 4.32. The number of hydrogen-bond donors (Lipinski definition) is 1. The van der Waals surface area contributed by atoms with Gasteiger partial charge in [0.1, 0.15) is 0 Å². The topological polar surface area (TPSA) is 51.4 Å². The molecule has 96 valence electrons. The van der Waals surface area contributed by atoms with E-state index in [9.17, 15) is 0 Å². The molecule has 3 rings (SSSR count). The van der Waals surface area contributed by atoms with Gasteiger partial charge in [-0.1, -0.05) is 30.3 Å². The van der Waals surface area contributed by atoms with E-state index in [2.05, 4.69) is 27.4 Å². The monoisotopic (exact) mass is 271 g/mol. The van der Waals surface area contributed by atoms with Crippen molar-refractivity contribution in [1.82, 2.24) is 24.5 Å². The summed E-state index contributed by atoms with van der Waals surface area (Å²) in [6, 6.07) is 10.2. The Kier molecular flexibility index (Phi) is 3.00. The molecule has 0 amide bonds. The predicted octanol–water partition coefficient (Wildman–Crippen LogP) is 2.39. The van der Waals surface area contributed by atoms with Gasteiger partial charge in [-0.2, -0.15) is 10.2 Å². The van der Waals surface area contributed by atoms with Gasteiger partial charge in [-0.25, -0.2) is 0 Å². The lowest BCUT2D eigenvalue weighted by Gasteiger charge is -2.00. The quantitative estimate of drug-likeness (QED) is 0.744. The molecule has 0 unspecified atom stereocenters. The number of aromatic amines is 1. The highest BCUT2D eigenvalue weighted by Gasteiger charge is 2.08. The molecule has 0 saturated carbocycles. The van der Waals surface area contributed by atoms with Gasteiger partial charge in [0.15, 0.2) is 10.6 Å². The van der Waals surface area contributed by atoms with Crippen LogP contribution in [0.15, 0.2) is 42.7 Å². The van der Waals surface area contributed by atoms with Crippen LogP contribution in [0.2, 0.25) is 0 Å². The van der Waals surface area contributed by atoms with Crippen molar-refractivity contribution >= 4 is 12.2 Å². The number of H-pyrrole nitrogens is 1. The van der Waals surface area contributed by atoms with Crippen LogP contribution in [0.5, 0.6) is 0 Å². The molecule has 1 N–H and O–H groups in total. The predicted molar refractivity (Wildman–Crippen MR) is 75.2 cm³/mol. The minimum absolute atomic E-state index is 0.603. The fourth-order valence-corrected chi connectivity index (χ4v) is 2.07. The molecule has 5 nitrogen and oxygen atoms in total. The van der Waals surface area contributed by atoms with Gasteiger partial charge in [0.25, 0.3) is 0 Å². The minimum Gasteiger partial charge on any atom is -0.303 e. The van der Waals surface area contributed by atoms with E-state index in [0.29, 0.717) is 4.77 Å². The number of aromatic nitrogens is 5. The molecular formula is C13H13N5S. The molecule has 2 heterocycles. The van der Waals surface area contributed by atoms with Crippen molar-refractivity contribution in [2.24, 2.45) is 7.05 Å². The molecule has 0 fully saturated rings. The van der Waals surface area contributed by atoms with Gasteiger partial charge < -0.3 is 4.57 Å². The van der Waals surface area contributed by atoms with Gasteiger partial charge in [-0.15, -0.1) is 0 Å². The van der Waals surface area contributed by atoms with Crippen molar-refractivity contribution in [1.29, 1.82) is 0 Å². The summed E-state index contributed by atoms with van der Waals surface area (Å²) in [5.74, 6) is 0.796. The number of benzene rings is 1. The summed E-state index contributed by atoms with van der Waals surface area (Å²) in [6.45, 7) is 0.746. The van der Waals surface area contributed by atoms with Crippen LogP contribution in [0.3, 0.4) is 0 Å². The average molecular weight is 271 g/mol. The van der Waals surface area contributed by atoms with Crippen molar-refractivity contribution < 1.29 is 0 Å². The van der Waals surface area contributed by atoms with E-state index in [1.54, 1.807) is 6.20 Å². The summed E-state index contributed by atoms with van der Waals surface area (Å²) >= 11 is 5.10. The Morgan fingerprint density at radius 3 is 2.74 bits per heavy atom. The van der Waals surface area contributed by atoms with Crippen molar-refractivity contribution in [3.63, 3.8) is 0 Å². The van der Waals surface area contributed by atoms with Crippen molar-refractivity contribution in [2.45, 2.75) is 6.54 Å². The van der Waals surface area contributed by atoms with Crippen LogP contribution in [0.1, 0.15) is 5.56 Å². The molecule has 0 bridgehead atoms. The lowest BCUT2D eigenvalue weighted by Crippen LogP contribution is -1.99. The standard InChI is InChI=1S/C13H13N5S/c1-17-12(15-16-13(17)19)11-7-14-18(9-11)8-10-5-3-2-4-6-10/h2-7,9H,8H2,1H3,(H,16,19). The largest absolute Gasteiger partial charge is 0.303 e. The Labute approximate surface area is 115 Å². The van der Waals surface area contributed by atoms with Gasteiger partial charge >= 0.3 is 0 Å².